The van der Waals surface area contributed by atoms with Gasteiger partial charge in [-0.3, -0.25) is 0 Å². The van der Waals surface area contributed by atoms with Crippen molar-refractivity contribution in [3.63, 3.8) is 0 Å². The maximum atomic E-state index is 2.22. The van der Waals surface area contributed by atoms with Gasteiger partial charge in [0.25, 0.3) is 0 Å². The normalized spacial score (nSPS) is 17.7. The van der Waals surface area contributed by atoms with Crippen molar-refractivity contribution in [2.24, 2.45) is 0 Å². The first-order valence-electron chi connectivity index (χ1n) is 3.56. The predicted octanol–water partition coefficient (Wildman–Crippen LogP) is 2.79. The predicted molar refractivity (Wildman–Crippen MR) is 49.3 cm³/mol. The summed E-state index contributed by atoms with van der Waals surface area (Å²) in [4.78, 5) is 0. The number of thioether (sulfide) groups is 1. The standard InChI is InChI=1S/C9H12S/c1-2-10-9-7-5-3-4-6-8-9/h3-9H,2H2,1H3. The molecule has 0 fully saturated rings. The minimum absolute atomic E-state index is 0.583. The molecule has 0 heterocycles. The molecule has 0 aromatic carbocycles. The minimum atomic E-state index is 0.583. The van der Waals surface area contributed by atoms with E-state index in [-0.39, 0.29) is 0 Å². The molecule has 0 spiro atoms. The van der Waals surface area contributed by atoms with Crippen molar-refractivity contribution in [3.05, 3.63) is 36.5 Å². The van der Waals surface area contributed by atoms with Crippen LogP contribution in [-0.4, -0.2) is 11.0 Å². The third-order valence-electron chi connectivity index (χ3n) is 1.29. The van der Waals surface area contributed by atoms with E-state index in [4.69, 9.17) is 0 Å². The van der Waals surface area contributed by atoms with Gasteiger partial charge in [-0.2, -0.15) is 11.8 Å². The first-order valence-corrected chi connectivity index (χ1v) is 4.61. The van der Waals surface area contributed by atoms with Crippen LogP contribution in [0.25, 0.3) is 0 Å². The van der Waals surface area contributed by atoms with E-state index in [0.29, 0.717) is 5.25 Å². The topological polar surface area (TPSA) is 0 Å². The van der Waals surface area contributed by atoms with E-state index in [9.17, 15) is 0 Å². The van der Waals surface area contributed by atoms with Crippen LogP contribution >= 0.6 is 11.8 Å². The van der Waals surface area contributed by atoms with Gasteiger partial charge < -0.3 is 0 Å². The largest absolute Gasteiger partial charge is 0.150 e. The Bertz CT molecular complexity index is 150. The Morgan fingerprint density at radius 3 is 2.20 bits per heavy atom. The summed E-state index contributed by atoms with van der Waals surface area (Å²) in [6.45, 7) is 2.19. The number of hydrogen-bond donors (Lipinski definition) is 0. The smallest absolute Gasteiger partial charge is 0.0413 e. The molecule has 0 atom stereocenters. The Hall–Kier alpha value is -0.430. The highest BCUT2D eigenvalue weighted by Crippen LogP contribution is 2.14. The maximum absolute atomic E-state index is 2.22. The number of allylic oxidation sites excluding steroid dienone is 4. The summed E-state index contributed by atoms with van der Waals surface area (Å²) in [5.74, 6) is 1.18. The van der Waals surface area contributed by atoms with Crippen molar-refractivity contribution in [2.45, 2.75) is 12.2 Å². The Kier molecular flexibility index (Phi) is 3.37. The van der Waals surface area contributed by atoms with Gasteiger partial charge in [-0.05, 0) is 5.75 Å². The second-order valence-corrected chi connectivity index (χ2v) is 3.53. The van der Waals surface area contributed by atoms with Crippen LogP contribution in [0.3, 0.4) is 0 Å². The average molecular weight is 152 g/mol. The van der Waals surface area contributed by atoms with Gasteiger partial charge in [0.2, 0.25) is 0 Å². The molecule has 0 saturated carbocycles. The summed E-state index contributed by atoms with van der Waals surface area (Å²) in [6.07, 6.45) is 12.8. The molecule has 1 aliphatic rings. The van der Waals surface area contributed by atoms with Crippen LogP contribution in [0.5, 0.6) is 0 Å². The highest BCUT2D eigenvalue weighted by atomic mass is 32.2. The van der Waals surface area contributed by atoms with Crippen LogP contribution < -0.4 is 0 Å². The fourth-order valence-corrected chi connectivity index (χ4v) is 1.63. The van der Waals surface area contributed by atoms with Gasteiger partial charge in [0.1, 0.15) is 0 Å². The molecule has 0 unspecified atom stereocenters. The average Bonchev–Trinajstić information content (AvgIpc) is 2.17. The van der Waals surface area contributed by atoms with Crippen molar-refractivity contribution < 1.29 is 0 Å². The van der Waals surface area contributed by atoms with Crippen molar-refractivity contribution in [2.75, 3.05) is 5.75 Å². The van der Waals surface area contributed by atoms with E-state index < -0.39 is 0 Å². The first-order chi connectivity index (χ1) is 4.93. The van der Waals surface area contributed by atoms with Gasteiger partial charge in [0.15, 0.2) is 0 Å². The van der Waals surface area contributed by atoms with E-state index in [1.165, 1.54) is 5.75 Å². The van der Waals surface area contributed by atoms with E-state index in [1.807, 2.05) is 11.8 Å². The van der Waals surface area contributed by atoms with Crippen LogP contribution in [0.2, 0.25) is 0 Å². The van der Waals surface area contributed by atoms with E-state index >= 15 is 0 Å². The summed E-state index contributed by atoms with van der Waals surface area (Å²) in [5, 5.41) is 0.583. The van der Waals surface area contributed by atoms with Gasteiger partial charge in [0.05, 0.1) is 0 Å². The van der Waals surface area contributed by atoms with Crippen molar-refractivity contribution >= 4 is 11.8 Å². The third-order valence-corrected chi connectivity index (χ3v) is 2.33. The van der Waals surface area contributed by atoms with Gasteiger partial charge in [-0.25, -0.2) is 0 Å². The molecule has 1 heteroatoms. The molecule has 0 amide bonds. The maximum Gasteiger partial charge on any atom is 0.0413 e. The van der Waals surface area contributed by atoms with Crippen LogP contribution in [-0.2, 0) is 0 Å². The Morgan fingerprint density at radius 2 is 1.70 bits per heavy atom. The minimum Gasteiger partial charge on any atom is -0.150 e. The zero-order valence-corrected chi connectivity index (χ0v) is 6.97. The summed E-state index contributed by atoms with van der Waals surface area (Å²) in [5.41, 5.74) is 0. The fraction of sp³-hybridized carbons (Fsp3) is 0.333. The van der Waals surface area contributed by atoms with Gasteiger partial charge in [-0.1, -0.05) is 43.4 Å². The summed E-state index contributed by atoms with van der Waals surface area (Å²) in [7, 11) is 0. The molecule has 0 N–H and O–H groups in total. The first kappa shape index (κ1) is 7.67. The zero-order chi connectivity index (χ0) is 7.23. The zero-order valence-electron chi connectivity index (χ0n) is 6.16. The molecule has 0 aliphatic heterocycles. The molecule has 0 saturated heterocycles. The molecule has 0 aromatic heterocycles. The molecule has 1 aliphatic carbocycles. The quantitative estimate of drug-likeness (QED) is 0.586. The lowest BCUT2D eigenvalue weighted by atomic mass is 10.4. The molecule has 0 radical (unpaired) electrons. The summed E-state index contributed by atoms with van der Waals surface area (Å²) < 4.78 is 0. The lowest BCUT2D eigenvalue weighted by Crippen LogP contribution is -1.91. The number of rotatable bonds is 2. The molecular weight excluding hydrogens is 140 g/mol. The lowest BCUT2D eigenvalue weighted by Gasteiger charge is -2.02. The number of hydrogen-bond acceptors (Lipinski definition) is 1. The Balaban J connectivity index is 2.46. The van der Waals surface area contributed by atoms with Crippen LogP contribution in [0, 0.1) is 0 Å². The Morgan fingerprint density at radius 1 is 1.10 bits per heavy atom. The molecule has 0 bridgehead atoms. The van der Waals surface area contributed by atoms with Crippen LogP contribution in [0.1, 0.15) is 6.92 Å². The van der Waals surface area contributed by atoms with E-state index in [1.54, 1.807) is 0 Å². The monoisotopic (exact) mass is 152 g/mol. The van der Waals surface area contributed by atoms with E-state index in [2.05, 4.69) is 43.4 Å². The summed E-state index contributed by atoms with van der Waals surface area (Å²) >= 11 is 1.95. The van der Waals surface area contributed by atoms with Gasteiger partial charge in [-0.15, -0.1) is 0 Å². The lowest BCUT2D eigenvalue weighted by molar-refractivity contribution is 1.39. The molecule has 10 heavy (non-hydrogen) atoms. The van der Waals surface area contributed by atoms with Gasteiger partial charge in [0, 0.05) is 5.25 Å². The second kappa shape index (κ2) is 4.40. The third kappa shape index (κ3) is 2.44. The van der Waals surface area contributed by atoms with Crippen molar-refractivity contribution in [1.82, 2.24) is 0 Å². The highest BCUT2D eigenvalue weighted by Gasteiger charge is 1.97. The molecule has 1 rings (SSSR count). The molecule has 54 valence electrons. The second-order valence-electron chi connectivity index (χ2n) is 2.07. The SMILES string of the molecule is CCSC1C=CC=CC=C1. The highest BCUT2D eigenvalue weighted by molar-refractivity contribution is 8.00. The Labute approximate surface area is 66.7 Å². The summed E-state index contributed by atoms with van der Waals surface area (Å²) in [6, 6.07) is 0. The van der Waals surface area contributed by atoms with Gasteiger partial charge >= 0.3 is 0 Å². The molecule has 0 nitrogen and oxygen atoms in total. The van der Waals surface area contributed by atoms with Crippen molar-refractivity contribution in [3.8, 4) is 0 Å². The molecule has 0 aromatic rings. The van der Waals surface area contributed by atoms with Crippen LogP contribution in [0.15, 0.2) is 36.5 Å². The fourth-order valence-electron chi connectivity index (χ4n) is 0.843. The molecular formula is C9H12S. The van der Waals surface area contributed by atoms with Crippen molar-refractivity contribution in [1.29, 1.82) is 0 Å². The van der Waals surface area contributed by atoms with Crippen LogP contribution in [0.4, 0.5) is 0 Å². The van der Waals surface area contributed by atoms with E-state index in [0.717, 1.165) is 0 Å².